The van der Waals surface area contributed by atoms with Crippen molar-refractivity contribution >= 4 is 27.4 Å². The summed E-state index contributed by atoms with van der Waals surface area (Å²) >= 11 is 3.39. The summed E-state index contributed by atoms with van der Waals surface area (Å²) < 4.78 is 6.07. The van der Waals surface area contributed by atoms with Crippen LogP contribution in [-0.4, -0.2) is 26.5 Å². The summed E-state index contributed by atoms with van der Waals surface area (Å²) in [5.74, 6) is 0.981. The van der Waals surface area contributed by atoms with Gasteiger partial charge in [0.2, 0.25) is 0 Å². The van der Waals surface area contributed by atoms with Crippen molar-refractivity contribution in [1.82, 2.24) is 0 Å². The molecular formula is C17H18BrNO2. The van der Waals surface area contributed by atoms with Crippen LogP contribution in [0.2, 0.25) is 0 Å². The molecule has 0 aliphatic carbocycles. The number of hydrogen-bond donors (Lipinski definition) is 0. The Labute approximate surface area is 133 Å². The number of anilines is 1. The second-order valence-corrected chi connectivity index (χ2v) is 5.72. The quantitative estimate of drug-likeness (QED) is 0.734. The van der Waals surface area contributed by atoms with E-state index >= 15 is 0 Å². The molecule has 2 rings (SSSR count). The van der Waals surface area contributed by atoms with Gasteiger partial charge < -0.3 is 9.64 Å². The SMILES string of the molecule is COc1ccc(N(C)CCC(=O)c2cccc(Br)c2)cc1. The molecular weight excluding hydrogens is 330 g/mol. The van der Waals surface area contributed by atoms with Crippen molar-refractivity contribution in [3.8, 4) is 5.75 Å². The normalized spacial score (nSPS) is 10.2. The summed E-state index contributed by atoms with van der Waals surface area (Å²) in [5.41, 5.74) is 1.81. The van der Waals surface area contributed by atoms with Crippen LogP contribution in [0, 0.1) is 0 Å². The maximum Gasteiger partial charge on any atom is 0.164 e. The zero-order valence-corrected chi connectivity index (χ0v) is 13.8. The molecule has 0 aliphatic heterocycles. The number of methoxy groups -OCH3 is 1. The highest BCUT2D eigenvalue weighted by Crippen LogP contribution is 2.19. The first-order valence-corrected chi connectivity index (χ1v) is 7.53. The first-order chi connectivity index (χ1) is 10.1. The molecule has 2 aromatic rings. The Bertz CT molecular complexity index is 610. The number of ketones is 1. The fourth-order valence-electron chi connectivity index (χ4n) is 2.04. The average Bonchev–Trinajstić information content (AvgIpc) is 2.52. The Morgan fingerprint density at radius 1 is 1.19 bits per heavy atom. The van der Waals surface area contributed by atoms with E-state index in [9.17, 15) is 4.79 Å². The van der Waals surface area contributed by atoms with E-state index in [0.717, 1.165) is 21.5 Å². The van der Waals surface area contributed by atoms with Crippen molar-refractivity contribution in [3.63, 3.8) is 0 Å². The maximum absolute atomic E-state index is 12.2. The van der Waals surface area contributed by atoms with Gasteiger partial charge in [-0.2, -0.15) is 0 Å². The van der Waals surface area contributed by atoms with E-state index in [0.29, 0.717) is 13.0 Å². The van der Waals surface area contributed by atoms with Gasteiger partial charge in [0, 0.05) is 35.7 Å². The number of ether oxygens (including phenoxy) is 1. The lowest BCUT2D eigenvalue weighted by atomic mass is 10.1. The van der Waals surface area contributed by atoms with Crippen molar-refractivity contribution in [2.75, 3.05) is 25.6 Å². The van der Waals surface area contributed by atoms with E-state index in [1.54, 1.807) is 7.11 Å². The van der Waals surface area contributed by atoms with E-state index in [1.165, 1.54) is 0 Å². The molecule has 0 aliphatic rings. The third kappa shape index (κ3) is 4.33. The van der Waals surface area contributed by atoms with Gasteiger partial charge in [-0.15, -0.1) is 0 Å². The minimum Gasteiger partial charge on any atom is -0.497 e. The van der Waals surface area contributed by atoms with Gasteiger partial charge in [-0.1, -0.05) is 28.1 Å². The number of nitrogens with zero attached hydrogens (tertiary/aromatic N) is 1. The first kappa shape index (κ1) is 15.6. The van der Waals surface area contributed by atoms with Gasteiger partial charge >= 0.3 is 0 Å². The smallest absolute Gasteiger partial charge is 0.164 e. The minimum atomic E-state index is 0.150. The molecule has 0 atom stereocenters. The van der Waals surface area contributed by atoms with Gasteiger partial charge in [0.1, 0.15) is 5.75 Å². The van der Waals surface area contributed by atoms with Gasteiger partial charge in [0.15, 0.2) is 5.78 Å². The summed E-state index contributed by atoms with van der Waals surface area (Å²) in [7, 11) is 3.63. The highest BCUT2D eigenvalue weighted by molar-refractivity contribution is 9.10. The predicted molar refractivity (Wildman–Crippen MR) is 89.4 cm³/mol. The molecule has 0 radical (unpaired) electrons. The maximum atomic E-state index is 12.2. The van der Waals surface area contributed by atoms with Gasteiger partial charge in [0.25, 0.3) is 0 Å². The van der Waals surface area contributed by atoms with Gasteiger partial charge in [-0.3, -0.25) is 4.79 Å². The molecule has 0 saturated carbocycles. The van der Waals surface area contributed by atoms with E-state index < -0.39 is 0 Å². The molecule has 2 aromatic carbocycles. The van der Waals surface area contributed by atoms with Crippen LogP contribution >= 0.6 is 15.9 Å². The molecule has 0 fully saturated rings. The molecule has 0 N–H and O–H groups in total. The summed E-state index contributed by atoms with van der Waals surface area (Å²) in [4.78, 5) is 14.2. The van der Waals surface area contributed by atoms with Crippen LogP contribution in [-0.2, 0) is 0 Å². The van der Waals surface area contributed by atoms with Crippen LogP contribution < -0.4 is 9.64 Å². The Hall–Kier alpha value is -1.81. The Balaban J connectivity index is 1.93. The molecule has 0 saturated heterocycles. The van der Waals surface area contributed by atoms with Crippen molar-refractivity contribution in [1.29, 1.82) is 0 Å². The van der Waals surface area contributed by atoms with Crippen molar-refractivity contribution in [3.05, 3.63) is 58.6 Å². The molecule has 0 spiro atoms. The first-order valence-electron chi connectivity index (χ1n) is 6.74. The van der Waals surface area contributed by atoms with Crippen LogP contribution in [0.25, 0.3) is 0 Å². The summed E-state index contributed by atoms with van der Waals surface area (Å²) in [6.07, 6.45) is 0.485. The highest BCUT2D eigenvalue weighted by atomic mass is 79.9. The summed E-state index contributed by atoms with van der Waals surface area (Å²) in [6, 6.07) is 15.3. The number of carbonyl (C=O) groups is 1. The zero-order valence-electron chi connectivity index (χ0n) is 12.2. The molecule has 0 amide bonds. The summed E-state index contributed by atoms with van der Waals surface area (Å²) in [5, 5.41) is 0. The van der Waals surface area contributed by atoms with Crippen LogP contribution in [0.1, 0.15) is 16.8 Å². The number of benzene rings is 2. The lowest BCUT2D eigenvalue weighted by Gasteiger charge is -2.19. The van der Waals surface area contributed by atoms with Crippen LogP contribution in [0.4, 0.5) is 5.69 Å². The van der Waals surface area contributed by atoms with Crippen LogP contribution in [0.5, 0.6) is 5.75 Å². The van der Waals surface area contributed by atoms with E-state index in [4.69, 9.17) is 4.74 Å². The molecule has 4 heteroatoms. The van der Waals surface area contributed by atoms with E-state index in [-0.39, 0.29) is 5.78 Å². The molecule has 0 unspecified atom stereocenters. The van der Waals surface area contributed by atoms with Gasteiger partial charge in [0.05, 0.1) is 7.11 Å². The lowest BCUT2D eigenvalue weighted by molar-refractivity contribution is 0.0985. The van der Waals surface area contributed by atoms with E-state index in [1.807, 2.05) is 55.6 Å². The number of hydrogen-bond acceptors (Lipinski definition) is 3. The minimum absolute atomic E-state index is 0.150. The topological polar surface area (TPSA) is 29.5 Å². The third-order valence-corrected chi connectivity index (χ3v) is 3.83. The summed E-state index contributed by atoms with van der Waals surface area (Å²) in [6.45, 7) is 0.678. The number of rotatable bonds is 6. The Morgan fingerprint density at radius 2 is 1.90 bits per heavy atom. The van der Waals surface area contributed by atoms with Crippen LogP contribution in [0.15, 0.2) is 53.0 Å². The van der Waals surface area contributed by atoms with Gasteiger partial charge in [-0.05, 0) is 36.4 Å². The van der Waals surface area contributed by atoms with Crippen molar-refractivity contribution < 1.29 is 9.53 Å². The molecule has 0 heterocycles. The molecule has 21 heavy (non-hydrogen) atoms. The zero-order chi connectivity index (χ0) is 15.2. The monoisotopic (exact) mass is 347 g/mol. The standard InChI is InChI=1S/C17H18BrNO2/c1-19(15-6-8-16(21-2)9-7-15)11-10-17(20)13-4-3-5-14(18)12-13/h3-9,12H,10-11H2,1-2H3. The molecule has 0 bridgehead atoms. The fourth-order valence-corrected chi connectivity index (χ4v) is 2.44. The molecule has 3 nitrogen and oxygen atoms in total. The second-order valence-electron chi connectivity index (χ2n) is 4.80. The molecule has 0 aromatic heterocycles. The predicted octanol–water partition coefficient (Wildman–Crippen LogP) is 4.17. The lowest BCUT2D eigenvalue weighted by Crippen LogP contribution is -2.21. The average molecular weight is 348 g/mol. The largest absolute Gasteiger partial charge is 0.497 e. The Morgan fingerprint density at radius 3 is 2.52 bits per heavy atom. The second kappa shape index (κ2) is 7.27. The number of halogens is 1. The van der Waals surface area contributed by atoms with Gasteiger partial charge in [-0.25, -0.2) is 0 Å². The Kier molecular flexibility index (Phi) is 5.39. The molecule has 110 valence electrons. The number of carbonyl (C=O) groups excluding carboxylic acids is 1. The number of Topliss-reactive ketones (excluding diaryl/α,β-unsaturated/α-hetero) is 1. The fraction of sp³-hybridized carbons (Fsp3) is 0.235. The van der Waals surface area contributed by atoms with Crippen LogP contribution in [0.3, 0.4) is 0 Å². The van der Waals surface area contributed by atoms with E-state index in [2.05, 4.69) is 20.8 Å². The highest BCUT2D eigenvalue weighted by Gasteiger charge is 2.08. The van der Waals surface area contributed by atoms with Crippen molar-refractivity contribution in [2.24, 2.45) is 0 Å². The van der Waals surface area contributed by atoms with Crippen molar-refractivity contribution in [2.45, 2.75) is 6.42 Å². The third-order valence-electron chi connectivity index (χ3n) is 3.33.